The maximum Gasteiger partial charge on any atom is 0.337 e. The molecule has 1 aliphatic carbocycles. The third-order valence-electron chi connectivity index (χ3n) is 4.34. The first-order valence-corrected chi connectivity index (χ1v) is 8.06. The van der Waals surface area contributed by atoms with Crippen LogP contribution in [0, 0.1) is 5.41 Å². The number of carbonyl (C=O) groups is 1. The molecule has 0 amide bonds. The number of rotatable bonds is 2. The second-order valence-electron chi connectivity index (χ2n) is 6.01. The van der Waals surface area contributed by atoms with Crippen LogP contribution in [-0.2, 0) is 4.74 Å². The molecule has 128 valence electrons. The van der Waals surface area contributed by atoms with Gasteiger partial charge in [0.1, 0.15) is 11.3 Å². The molecule has 5 heteroatoms. The summed E-state index contributed by atoms with van der Waals surface area (Å²) in [5, 5.41) is 9.15. The molecule has 0 spiro atoms. The highest BCUT2D eigenvalue weighted by Gasteiger charge is 2.17. The van der Waals surface area contributed by atoms with E-state index in [0.717, 1.165) is 22.1 Å². The van der Waals surface area contributed by atoms with Crippen molar-refractivity contribution >= 4 is 22.6 Å². The van der Waals surface area contributed by atoms with Crippen molar-refractivity contribution in [2.75, 3.05) is 12.8 Å². The average molecular weight is 344 g/mol. The van der Waals surface area contributed by atoms with Crippen LogP contribution in [0.25, 0.3) is 33.4 Å². The second-order valence-corrected chi connectivity index (χ2v) is 6.01. The summed E-state index contributed by atoms with van der Waals surface area (Å²) in [6, 6.07) is 18.0. The minimum absolute atomic E-state index is 0.372. The summed E-state index contributed by atoms with van der Waals surface area (Å²) in [5.41, 5.74) is 10.4. The Morgan fingerprint density at radius 3 is 2.54 bits per heavy atom. The van der Waals surface area contributed by atoms with Gasteiger partial charge >= 0.3 is 5.97 Å². The Morgan fingerprint density at radius 2 is 1.81 bits per heavy atom. The molecule has 0 saturated heterocycles. The maximum atomic E-state index is 11.7. The van der Waals surface area contributed by atoms with E-state index in [9.17, 15) is 4.79 Å². The molecule has 0 unspecified atom stereocenters. The van der Waals surface area contributed by atoms with E-state index in [0.29, 0.717) is 28.0 Å². The van der Waals surface area contributed by atoms with E-state index in [1.165, 1.54) is 7.11 Å². The zero-order chi connectivity index (χ0) is 18.3. The van der Waals surface area contributed by atoms with Gasteiger partial charge in [-0.05, 0) is 42.0 Å². The molecule has 0 saturated carbocycles. The molecule has 5 nitrogen and oxygen atoms in total. The lowest BCUT2D eigenvalue weighted by atomic mass is 9.93. The Bertz CT molecular complexity index is 1160. The van der Waals surface area contributed by atoms with Crippen molar-refractivity contribution in [1.82, 2.24) is 0 Å². The van der Waals surface area contributed by atoms with Gasteiger partial charge in [0.05, 0.1) is 18.0 Å². The Labute approximate surface area is 149 Å². The summed E-state index contributed by atoms with van der Waals surface area (Å²) in [6.45, 7) is 0. The highest BCUT2D eigenvalue weighted by molar-refractivity contribution is 6.03. The molecule has 26 heavy (non-hydrogen) atoms. The Morgan fingerprint density at radius 1 is 1.04 bits per heavy atom. The van der Waals surface area contributed by atoms with Crippen LogP contribution in [0.5, 0.6) is 0 Å². The first-order chi connectivity index (χ1) is 12.6. The van der Waals surface area contributed by atoms with E-state index in [1.54, 1.807) is 30.3 Å². The molecule has 0 bridgehead atoms. The number of anilines is 1. The van der Waals surface area contributed by atoms with Crippen LogP contribution in [0.2, 0.25) is 0 Å². The molecule has 3 N–H and O–H groups in total. The van der Waals surface area contributed by atoms with Gasteiger partial charge in [-0.25, -0.2) is 4.79 Å². The fourth-order valence-electron chi connectivity index (χ4n) is 3.11. The lowest BCUT2D eigenvalue weighted by molar-refractivity contribution is 0.0601. The number of ether oxygens (including phenoxy) is 1. The maximum absolute atomic E-state index is 11.7. The SMILES string of the molecule is COC(=O)c1ccc(-c2c3ccc(=N)cc-3oc3cc(N)ccc23)cc1. The normalized spacial score (nSPS) is 11.0. The van der Waals surface area contributed by atoms with Gasteiger partial charge in [0.2, 0.25) is 0 Å². The highest BCUT2D eigenvalue weighted by atomic mass is 16.5. The van der Waals surface area contributed by atoms with Crippen molar-refractivity contribution in [3.8, 4) is 22.5 Å². The Hall–Kier alpha value is -3.60. The zero-order valence-corrected chi connectivity index (χ0v) is 14.1. The number of hydrogen-bond acceptors (Lipinski definition) is 5. The van der Waals surface area contributed by atoms with E-state index in [1.807, 2.05) is 30.3 Å². The first kappa shape index (κ1) is 15.9. The molecule has 1 aliphatic heterocycles. The van der Waals surface area contributed by atoms with Gasteiger partial charge in [0, 0.05) is 34.3 Å². The zero-order valence-electron chi connectivity index (χ0n) is 14.1. The first-order valence-electron chi connectivity index (χ1n) is 8.06. The van der Waals surface area contributed by atoms with Gasteiger partial charge in [-0.1, -0.05) is 12.1 Å². The molecular weight excluding hydrogens is 328 g/mol. The van der Waals surface area contributed by atoms with Crippen LogP contribution in [0.1, 0.15) is 10.4 Å². The number of methoxy groups -OCH3 is 1. The predicted molar refractivity (Wildman–Crippen MR) is 99.9 cm³/mol. The molecular formula is C21H16N2O3. The topological polar surface area (TPSA) is 89.3 Å². The number of hydrogen-bond donors (Lipinski definition) is 2. The third kappa shape index (κ3) is 2.59. The molecule has 2 aliphatic rings. The predicted octanol–water partition coefficient (Wildman–Crippen LogP) is 4.05. The number of nitrogens with two attached hydrogens (primary N) is 1. The van der Waals surface area contributed by atoms with Gasteiger partial charge in [-0.2, -0.15) is 0 Å². The van der Waals surface area contributed by atoms with Crippen LogP contribution < -0.4 is 11.1 Å². The molecule has 2 aromatic carbocycles. The van der Waals surface area contributed by atoms with E-state index in [4.69, 9.17) is 20.3 Å². The van der Waals surface area contributed by atoms with Crippen molar-refractivity contribution in [2.24, 2.45) is 0 Å². The fraction of sp³-hybridized carbons (Fsp3) is 0.0476. The highest BCUT2D eigenvalue weighted by Crippen LogP contribution is 2.40. The van der Waals surface area contributed by atoms with E-state index in [2.05, 4.69) is 0 Å². The fourth-order valence-corrected chi connectivity index (χ4v) is 3.11. The second kappa shape index (κ2) is 6.04. The number of nitrogens with one attached hydrogen (secondary N) is 1. The Balaban J connectivity index is 2.03. The molecule has 4 rings (SSSR count). The van der Waals surface area contributed by atoms with Gasteiger partial charge in [-0.3, -0.25) is 0 Å². The van der Waals surface area contributed by atoms with Crippen molar-refractivity contribution in [3.63, 3.8) is 0 Å². The van der Waals surface area contributed by atoms with Gasteiger partial charge < -0.3 is 20.3 Å². The van der Waals surface area contributed by atoms with Crippen LogP contribution in [-0.4, -0.2) is 13.1 Å². The standard InChI is InChI=1S/C21H16N2O3/c1-25-21(24)13-4-2-12(3-5-13)20-16-8-6-14(22)10-18(16)26-19-11-15(23)7-9-17(19)20/h2-11,22H,23H2,1H3. The largest absolute Gasteiger partial charge is 0.465 e. The van der Waals surface area contributed by atoms with Crippen molar-refractivity contribution in [3.05, 3.63) is 71.6 Å². The third-order valence-corrected chi connectivity index (χ3v) is 4.34. The monoisotopic (exact) mass is 344 g/mol. The summed E-state index contributed by atoms with van der Waals surface area (Å²) in [7, 11) is 1.36. The van der Waals surface area contributed by atoms with E-state index < -0.39 is 0 Å². The summed E-state index contributed by atoms with van der Waals surface area (Å²) in [5.74, 6) is 0.239. The summed E-state index contributed by atoms with van der Waals surface area (Å²) >= 11 is 0. The van der Waals surface area contributed by atoms with Crippen molar-refractivity contribution in [1.29, 1.82) is 5.41 Å². The number of nitrogen functional groups attached to an aromatic ring is 1. The van der Waals surface area contributed by atoms with Gasteiger partial charge in [0.15, 0.2) is 0 Å². The minimum Gasteiger partial charge on any atom is -0.465 e. The smallest absolute Gasteiger partial charge is 0.337 e. The molecule has 2 aromatic rings. The summed E-state index contributed by atoms with van der Waals surface area (Å²) < 4.78 is 10.7. The number of carbonyl (C=O) groups excluding carboxylic acids is 1. The number of benzene rings is 3. The van der Waals surface area contributed by atoms with Crippen LogP contribution >= 0.6 is 0 Å². The van der Waals surface area contributed by atoms with Gasteiger partial charge in [-0.15, -0.1) is 0 Å². The average Bonchev–Trinajstić information content (AvgIpc) is 2.65. The lowest BCUT2D eigenvalue weighted by Crippen LogP contribution is -2.01. The summed E-state index contributed by atoms with van der Waals surface area (Å²) in [4.78, 5) is 11.7. The van der Waals surface area contributed by atoms with Crippen LogP contribution in [0.15, 0.2) is 65.1 Å². The quantitative estimate of drug-likeness (QED) is 0.326. The minimum atomic E-state index is -0.374. The number of fused-ring (bicyclic) bond motifs is 2. The lowest BCUT2D eigenvalue weighted by Gasteiger charge is -2.15. The van der Waals surface area contributed by atoms with Crippen molar-refractivity contribution < 1.29 is 13.9 Å². The molecule has 0 aromatic heterocycles. The molecule has 0 radical (unpaired) electrons. The number of esters is 1. The summed E-state index contributed by atoms with van der Waals surface area (Å²) in [6.07, 6.45) is 0. The van der Waals surface area contributed by atoms with Gasteiger partial charge in [0.25, 0.3) is 0 Å². The van der Waals surface area contributed by atoms with E-state index in [-0.39, 0.29) is 5.97 Å². The molecule has 0 fully saturated rings. The van der Waals surface area contributed by atoms with Crippen molar-refractivity contribution in [2.45, 2.75) is 0 Å². The van der Waals surface area contributed by atoms with Crippen LogP contribution in [0.3, 0.4) is 0 Å². The Kier molecular flexibility index (Phi) is 3.69. The molecule has 0 atom stereocenters. The van der Waals surface area contributed by atoms with E-state index >= 15 is 0 Å². The van der Waals surface area contributed by atoms with Crippen LogP contribution in [0.4, 0.5) is 5.69 Å². The molecule has 1 heterocycles.